The smallest absolute Gasteiger partial charge is 0.133 e. The number of thiol groups is 1. The van der Waals surface area contributed by atoms with Crippen molar-refractivity contribution >= 4 is 46.2 Å². The third kappa shape index (κ3) is 9.07. The topological polar surface area (TPSA) is 3.24 Å². The summed E-state index contributed by atoms with van der Waals surface area (Å²) in [6.07, 6.45) is 4.87. The molecule has 0 aromatic heterocycles. The van der Waals surface area contributed by atoms with Gasteiger partial charge in [-0.25, -0.2) is 0 Å². The first-order valence-electron chi connectivity index (χ1n) is 4.70. The minimum Gasteiger partial charge on any atom is -0.358 e. The maximum Gasteiger partial charge on any atom is 0.133 e. The molecule has 4 heteroatoms. The van der Waals surface area contributed by atoms with E-state index in [0.717, 1.165) is 17.4 Å². The first kappa shape index (κ1) is 16.2. The van der Waals surface area contributed by atoms with Gasteiger partial charge >= 0.3 is 0 Å². The average Bonchev–Trinajstić information content (AvgIpc) is 2.04. The summed E-state index contributed by atoms with van der Waals surface area (Å²) in [5.74, 6) is 0. The molecular weight excluding hydrogens is 265 g/mol. The van der Waals surface area contributed by atoms with E-state index in [-0.39, 0.29) is 17.1 Å². The van der Waals surface area contributed by atoms with Crippen LogP contribution in [0.1, 0.15) is 39.5 Å². The van der Waals surface area contributed by atoms with Crippen molar-refractivity contribution in [3.63, 3.8) is 0 Å². The van der Waals surface area contributed by atoms with E-state index < -0.39 is 0 Å². The largest absolute Gasteiger partial charge is 0.358 e. The van der Waals surface area contributed by atoms with Crippen LogP contribution in [0.5, 0.6) is 0 Å². The summed E-state index contributed by atoms with van der Waals surface area (Å²) in [4.78, 5) is 2.19. The normalized spacial score (nSPS) is 9.15. The van der Waals surface area contributed by atoms with E-state index in [2.05, 4.69) is 31.4 Å². The fourth-order valence-electron chi connectivity index (χ4n) is 1.00. The Hall–Kier alpha value is 0.759. The van der Waals surface area contributed by atoms with Crippen molar-refractivity contribution in [1.29, 1.82) is 0 Å². The molecule has 0 aliphatic rings. The van der Waals surface area contributed by atoms with Crippen molar-refractivity contribution in [1.82, 2.24) is 4.90 Å². The monoisotopic (exact) mass is 285 g/mol. The van der Waals surface area contributed by atoms with E-state index in [1.165, 1.54) is 25.7 Å². The molecule has 0 spiro atoms. The summed E-state index contributed by atoms with van der Waals surface area (Å²) in [6.45, 7) is 6.52. The molecule has 0 aromatic carbocycles. The van der Waals surface area contributed by atoms with Crippen molar-refractivity contribution in [3.8, 4) is 0 Å². The van der Waals surface area contributed by atoms with Crippen LogP contribution in [0.15, 0.2) is 0 Å². The Bertz CT molecular complexity index is 123. The number of hydrogen-bond acceptors (Lipinski definition) is 1. The quantitative estimate of drug-likeness (QED) is 0.454. The Kier molecular flexibility index (Phi) is 13.5. The van der Waals surface area contributed by atoms with Crippen LogP contribution in [0.4, 0.5) is 0 Å². The van der Waals surface area contributed by atoms with Crippen LogP contribution < -0.4 is 0 Å². The minimum atomic E-state index is 0. The molecular formula is C9H19NS2Se. The second kappa shape index (κ2) is 10.8. The molecule has 0 fully saturated rings. The van der Waals surface area contributed by atoms with Gasteiger partial charge in [-0.15, -0.1) is 12.6 Å². The van der Waals surface area contributed by atoms with Crippen LogP contribution in [0.25, 0.3) is 0 Å². The summed E-state index contributed by atoms with van der Waals surface area (Å²) in [6, 6.07) is 0. The van der Waals surface area contributed by atoms with Crippen molar-refractivity contribution in [2.24, 2.45) is 0 Å². The number of nitrogens with zero attached hydrogens (tertiary/aromatic N) is 1. The zero-order valence-electron chi connectivity index (χ0n) is 8.45. The van der Waals surface area contributed by atoms with Gasteiger partial charge in [0.15, 0.2) is 0 Å². The van der Waals surface area contributed by atoms with Gasteiger partial charge in [-0.1, -0.05) is 38.9 Å². The van der Waals surface area contributed by atoms with Crippen molar-refractivity contribution in [3.05, 3.63) is 0 Å². The van der Waals surface area contributed by atoms with Crippen LogP contribution in [-0.2, 0) is 0 Å². The Balaban J connectivity index is 0. The molecule has 1 nitrogen and oxygen atoms in total. The van der Waals surface area contributed by atoms with Crippen molar-refractivity contribution < 1.29 is 0 Å². The fourth-order valence-corrected chi connectivity index (χ4v) is 1.38. The molecule has 2 radical (unpaired) electrons. The predicted octanol–water partition coefficient (Wildman–Crippen LogP) is 2.72. The van der Waals surface area contributed by atoms with Crippen LogP contribution in [0.2, 0.25) is 0 Å². The van der Waals surface area contributed by atoms with Crippen LogP contribution in [0, 0.1) is 0 Å². The number of unbranched alkanes of at least 4 members (excludes halogenated alkanes) is 2. The SMILES string of the molecule is CCCCN(CCCC)C(=S)S.[Se]. The standard InChI is InChI=1S/C9H19NS2.Se/c1-3-5-7-10(9(11)12)8-6-4-2;/h3-8H2,1-2H3,(H,11,12);. The van der Waals surface area contributed by atoms with Gasteiger partial charge in [0.1, 0.15) is 4.32 Å². The van der Waals surface area contributed by atoms with Crippen LogP contribution >= 0.6 is 24.8 Å². The number of hydrogen-bond donors (Lipinski definition) is 1. The first-order valence-corrected chi connectivity index (χ1v) is 5.55. The third-order valence-corrected chi connectivity index (χ3v) is 2.37. The van der Waals surface area contributed by atoms with E-state index in [1.807, 2.05) is 0 Å². The maximum atomic E-state index is 5.03. The maximum absolute atomic E-state index is 5.03. The molecule has 0 saturated heterocycles. The van der Waals surface area contributed by atoms with E-state index in [9.17, 15) is 0 Å². The van der Waals surface area contributed by atoms with Crippen molar-refractivity contribution in [2.45, 2.75) is 39.5 Å². The number of rotatable bonds is 6. The Morgan fingerprint density at radius 1 is 1.15 bits per heavy atom. The van der Waals surface area contributed by atoms with E-state index >= 15 is 0 Å². The summed E-state index contributed by atoms with van der Waals surface area (Å²) >= 11 is 9.23. The molecule has 0 saturated carbocycles. The first-order chi connectivity index (χ1) is 5.72. The fraction of sp³-hybridized carbons (Fsp3) is 0.889. The van der Waals surface area contributed by atoms with Gasteiger partial charge in [0.2, 0.25) is 0 Å². The molecule has 0 aliphatic carbocycles. The molecule has 13 heavy (non-hydrogen) atoms. The van der Waals surface area contributed by atoms with Gasteiger partial charge in [-0.05, 0) is 12.8 Å². The molecule has 78 valence electrons. The van der Waals surface area contributed by atoms with Crippen LogP contribution in [0.3, 0.4) is 0 Å². The third-order valence-electron chi connectivity index (χ3n) is 1.83. The van der Waals surface area contributed by atoms with E-state index in [0.29, 0.717) is 0 Å². The second-order valence-corrected chi connectivity index (χ2v) is 4.09. The summed E-state index contributed by atoms with van der Waals surface area (Å²) < 4.78 is 0.747. The van der Waals surface area contributed by atoms with Gasteiger partial charge in [0.25, 0.3) is 0 Å². The van der Waals surface area contributed by atoms with E-state index in [4.69, 9.17) is 12.2 Å². The molecule has 0 unspecified atom stereocenters. The molecule has 0 aliphatic heterocycles. The Morgan fingerprint density at radius 2 is 1.54 bits per heavy atom. The molecule has 0 amide bonds. The number of thiocarbonyl (C=S) groups is 1. The van der Waals surface area contributed by atoms with Crippen LogP contribution in [-0.4, -0.2) is 39.4 Å². The molecule has 0 atom stereocenters. The molecule has 0 N–H and O–H groups in total. The zero-order valence-corrected chi connectivity index (χ0v) is 11.9. The summed E-state index contributed by atoms with van der Waals surface area (Å²) in [5.41, 5.74) is 0. The zero-order chi connectivity index (χ0) is 9.40. The molecule has 0 heterocycles. The summed E-state index contributed by atoms with van der Waals surface area (Å²) in [7, 11) is 0. The van der Waals surface area contributed by atoms with Gasteiger partial charge in [-0.3, -0.25) is 0 Å². The van der Waals surface area contributed by atoms with Crippen molar-refractivity contribution in [2.75, 3.05) is 13.1 Å². The summed E-state index contributed by atoms with van der Waals surface area (Å²) in [5, 5.41) is 0. The van der Waals surface area contributed by atoms with E-state index in [1.54, 1.807) is 0 Å². The van der Waals surface area contributed by atoms with Gasteiger partial charge < -0.3 is 4.90 Å². The molecule has 0 rings (SSSR count). The predicted molar refractivity (Wildman–Crippen MR) is 68.7 cm³/mol. The Morgan fingerprint density at radius 3 is 1.77 bits per heavy atom. The molecule has 0 aromatic rings. The van der Waals surface area contributed by atoms with Gasteiger partial charge in [0, 0.05) is 30.2 Å². The average molecular weight is 284 g/mol. The minimum absolute atomic E-state index is 0. The second-order valence-electron chi connectivity index (χ2n) is 2.98. The van der Waals surface area contributed by atoms with Gasteiger partial charge in [-0.2, -0.15) is 0 Å². The molecule has 0 bridgehead atoms. The van der Waals surface area contributed by atoms with Gasteiger partial charge in [0.05, 0.1) is 0 Å². The Labute approximate surface area is 104 Å².